The molecule has 0 saturated carbocycles. The molecule has 0 saturated heterocycles. The van der Waals surface area contributed by atoms with Crippen LogP contribution in [0.15, 0.2) is 27.9 Å². The van der Waals surface area contributed by atoms with E-state index in [0.717, 1.165) is 23.3 Å². The maximum absolute atomic E-state index is 11.9. The number of sulfonamides is 1. The number of nitrogens with one attached hydrogen (secondary N) is 1. The smallest absolute Gasteiger partial charge is 0.299 e. The first-order valence-corrected chi connectivity index (χ1v) is 8.42. The predicted octanol–water partition coefficient (Wildman–Crippen LogP) is 1.77. The zero-order valence-corrected chi connectivity index (χ0v) is 12.5. The summed E-state index contributed by atoms with van der Waals surface area (Å²) in [7, 11) is -3.47. The molecular formula is C12H16N2O3S2. The van der Waals surface area contributed by atoms with E-state index in [0.29, 0.717) is 17.8 Å². The molecule has 0 amide bonds. The van der Waals surface area contributed by atoms with Crippen LogP contribution in [-0.2, 0) is 16.6 Å². The molecule has 0 aliphatic carbocycles. The average molecular weight is 300 g/mol. The fourth-order valence-electron chi connectivity index (χ4n) is 1.92. The topological polar surface area (TPSA) is 68.2 Å². The van der Waals surface area contributed by atoms with Gasteiger partial charge in [0, 0.05) is 13.1 Å². The Morgan fingerprint density at radius 2 is 2.05 bits per heavy atom. The summed E-state index contributed by atoms with van der Waals surface area (Å²) >= 11 is 1.08. The molecule has 0 atom stereocenters. The van der Waals surface area contributed by atoms with Gasteiger partial charge in [-0.25, -0.2) is 13.1 Å². The van der Waals surface area contributed by atoms with E-state index in [4.69, 9.17) is 0 Å². The largest absolute Gasteiger partial charge is 0.308 e. The molecule has 0 aliphatic rings. The fourth-order valence-corrected chi connectivity index (χ4v) is 4.02. The highest BCUT2D eigenvalue weighted by Crippen LogP contribution is 2.21. The van der Waals surface area contributed by atoms with Gasteiger partial charge in [0.05, 0.1) is 15.1 Å². The lowest BCUT2D eigenvalue weighted by molar-refractivity contribution is 0.584. The molecule has 104 valence electrons. The van der Waals surface area contributed by atoms with Gasteiger partial charge in [-0.3, -0.25) is 9.36 Å². The molecule has 19 heavy (non-hydrogen) atoms. The first-order chi connectivity index (χ1) is 8.99. The number of aryl methyl sites for hydroxylation is 1. The maximum Gasteiger partial charge on any atom is 0.308 e. The van der Waals surface area contributed by atoms with Crippen molar-refractivity contribution in [2.24, 2.45) is 0 Å². The van der Waals surface area contributed by atoms with Gasteiger partial charge in [-0.1, -0.05) is 25.2 Å². The van der Waals surface area contributed by atoms with Crippen molar-refractivity contribution in [2.75, 3.05) is 6.54 Å². The summed E-state index contributed by atoms with van der Waals surface area (Å²) in [4.78, 5) is 12.0. The number of benzene rings is 1. The van der Waals surface area contributed by atoms with Crippen LogP contribution in [0.4, 0.5) is 0 Å². The van der Waals surface area contributed by atoms with E-state index in [9.17, 15) is 13.2 Å². The van der Waals surface area contributed by atoms with Crippen LogP contribution >= 0.6 is 11.3 Å². The Balaban J connectivity index is 2.57. The Morgan fingerprint density at radius 3 is 2.68 bits per heavy atom. The van der Waals surface area contributed by atoms with E-state index in [-0.39, 0.29) is 9.77 Å². The molecule has 5 nitrogen and oxygen atoms in total. The third-order valence-electron chi connectivity index (χ3n) is 2.73. The number of nitrogens with zero attached hydrogens (tertiary/aromatic N) is 1. The Kier molecular flexibility index (Phi) is 4.07. The molecule has 0 spiro atoms. The van der Waals surface area contributed by atoms with Crippen molar-refractivity contribution in [1.82, 2.24) is 9.29 Å². The lowest BCUT2D eigenvalue weighted by Crippen LogP contribution is -2.23. The van der Waals surface area contributed by atoms with Crippen LogP contribution in [0.25, 0.3) is 10.2 Å². The summed E-state index contributed by atoms with van der Waals surface area (Å²) in [6.45, 7) is 4.72. The molecule has 1 heterocycles. The van der Waals surface area contributed by atoms with Crippen LogP contribution in [-0.4, -0.2) is 19.5 Å². The van der Waals surface area contributed by atoms with Crippen LogP contribution in [0.1, 0.15) is 20.3 Å². The highest BCUT2D eigenvalue weighted by molar-refractivity contribution is 7.89. The predicted molar refractivity (Wildman–Crippen MR) is 77.2 cm³/mol. The van der Waals surface area contributed by atoms with E-state index in [1.165, 1.54) is 0 Å². The maximum atomic E-state index is 11.9. The Labute approximate surface area is 115 Å². The van der Waals surface area contributed by atoms with Gasteiger partial charge in [-0.05, 0) is 24.6 Å². The Morgan fingerprint density at radius 1 is 1.32 bits per heavy atom. The standard InChI is InChI=1S/C12H16N2O3S2/c1-3-7-14-10-6-5-9(19(16,17)13-4-2)8-11(10)18-12(14)15/h5-6,8,13H,3-4,7H2,1-2H3. The molecule has 7 heteroatoms. The molecule has 0 unspecified atom stereocenters. The monoisotopic (exact) mass is 300 g/mol. The van der Waals surface area contributed by atoms with Crippen LogP contribution in [0.5, 0.6) is 0 Å². The Hall–Kier alpha value is -1.18. The van der Waals surface area contributed by atoms with Gasteiger partial charge in [-0.15, -0.1) is 0 Å². The quantitative estimate of drug-likeness (QED) is 0.915. The van der Waals surface area contributed by atoms with Gasteiger partial charge in [0.2, 0.25) is 10.0 Å². The third kappa shape index (κ3) is 2.72. The van der Waals surface area contributed by atoms with Crippen molar-refractivity contribution >= 4 is 31.6 Å². The van der Waals surface area contributed by atoms with E-state index >= 15 is 0 Å². The molecule has 0 bridgehead atoms. The van der Waals surface area contributed by atoms with Crippen molar-refractivity contribution in [3.05, 3.63) is 27.9 Å². The first kappa shape index (κ1) is 14.2. The molecule has 2 aromatic rings. The zero-order chi connectivity index (χ0) is 14.0. The average Bonchev–Trinajstić information content (AvgIpc) is 2.66. The molecule has 1 aromatic carbocycles. The van der Waals surface area contributed by atoms with Crippen LogP contribution in [0.3, 0.4) is 0 Å². The number of fused-ring (bicyclic) bond motifs is 1. The highest BCUT2D eigenvalue weighted by atomic mass is 32.2. The van der Waals surface area contributed by atoms with Crippen molar-refractivity contribution in [2.45, 2.75) is 31.7 Å². The second kappa shape index (κ2) is 5.44. The molecule has 2 rings (SSSR count). The highest BCUT2D eigenvalue weighted by Gasteiger charge is 2.15. The van der Waals surface area contributed by atoms with E-state index in [2.05, 4.69) is 4.72 Å². The lowest BCUT2D eigenvalue weighted by atomic mass is 10.3. The van der Waals surface area contributed by atoms with Crippen LogP contribution < -0.4 is 9.60 Å². The van der Waals surface area contributed by atoms with Gasteiger partial charge < -0.3 is 0 Å². The summed E-state index contributed by atoms with van der Waals surface area (Å²) in [6.07, 6.45) is 0.864. The Bertz CT molecular complexity index is 744. The summed E-state index contributed by atoms with van der Waals surface area (Å²) in [5, 5.41) is 0. The van der Waals surface area contributed by atoms with E-state index in [1.54, 1.807) is 29.7 Å². The minimum absolute atomic E-state index is 0.0464. The minimum atomic E-state index is -3.47. The van der Waals surface area contributed by atoms with E-state index < -0.39 is 10.0 Å². The zero-order valence-electron chi connectivity index (χ0n) is 10.8. The second-order valence-corrected chi connectivity index (χ2v) is 6.91. The van der Waals surface area contributed by atoms with Crippen molar-refractivity contribution < 1.29 is 8.42 Å². The normalized spacial score (nSPS) is 12.1. The van der Waals surface area contributed by atoms with Gasteiger partial charge >= 0.3 is 4.87 Å². The molecular weight excluding hydrogens is 284 g/mol. The summed E-state index contributed by atoms with van der Waals surface area (Å²) in [5.74, 6) is 0. The van der Waals surface area contributed by atoms with Gasteiger partial charge in [0.1, 0.15) is 0 Å². The van der Waals surface area contributed by atoms with Gasteiger partial charge in [0.25, 0.3) is 0 Å². The first-order valence-electron chi connectivity index (χ1n) is 6.12. The third-order valence-corrected chi connectivity index (χ3v) is 5.22. The number of rotatable bonds is 5. The molecule has 1 aromatic heterocycles. The van der Waals surface area contributed by atoms with E-state index in [1.807, 2.05) is 6.92 Å². The van der Waals surface area contributed by atoms with Gasteiger partial charge in [-0.2, -0.15) is 0 Å². The van der Waals surface area contributed by atoms with Crippen LogP contribution in [0.2, 0.25) is 0 Å². The number of aromatic nitrogens is 1. The number of hydrogen-bond acceptors (Lipinski definition) is 4. The lowest BCUT2D eigenvalue weighted by Gasteiger charge is -2.05. The molecule has 0 radical (unpaired) electrons. The van der Waals surface area contributed by atoms with Crippen molar-refractivity contribution in [1.29, 1.82) is 0 Å². The van der Waals surface area contributed by atoms with Crippen LogP contribution in [0, 0.1) is 0 Å². The summed E-state index contributed by atoms with van der Waals surface area (Å²) < 4.78 is 28.6. The van der Waals surface area contributed by atoms with Crippen molar-refractivity contribution in [3.8, 4) is 0 Å². The summed E-state index contributed by atoms with van der Waals surface area (Å²) in [6, 6.07) is 4.80. The SMILES string of the molecule is CCCn1c(=O)sc2cc(S(=O)(=O)NCC)ccc21. The number of thiazole rings is 1. The molecule has 1 N–H and O–H groups in total. The van der Waals surface area contributed by atoms with Crippen molar-refractivity contribution in [3.63, 3.8) is 0 Å². The summed E-state index contributed by atoms with van der Waals surface area (Å²) in [5.41, 5.74) is 0.798. The van der Waals surface area contributed by atoms with Gasteiger partial charge in [0.15, 0.2) is 0 Å². The minimum Gasteiger partial charge on any atom is -0.299 e. The molecule has 0 aliphatic heterocycles. The number of hydrogen-bond donors (Lipinski definition) is 1. The molecule has 0 fully saturated rings. The fraction of sp³-hybridized carbons (Fsp3) is 0.417. The second-order valence-electron chi connectivity index (χ2n) is 4.15.